The van der Waals surface area contributed by atoms with E-state index in [9.17, 15) is 4.79 Å². The summed E-state index contributed by atoms with van der Waals surface area (Å²) in [6, 6.07) is 8.00. The second-order valence-electron chi connectivity index (χ2n) is 7.49. The van der Waals surface area contributed by atoms with E-state index in [1.54, 1.807) is 0 Å². The fraction of sp³-hybridized carbons (Fsp3) is 0.632. The van der Waals surface area contributed by atoms with Gasteiger partial charge in [0.25, 0.3) is 0 Å². The van der Waals surface area contributed by atoms with Gasteiger partial charge in [-0.1, -0.05) is 11.6 Å². The van der Waals surface area contributed by atoms with Crippen LogP contribution in [0, 0.1) is 5.92 Å². The van der Waals surface area contributed by atoms with Crippen LogP contribution in [0.3, 0.4) is 0 Å². The Morgan fingerprint density at radius 2 is 2.08 bits per heavy atom. The van der Waals surface area contributed by atoms with Crippen molar-refractivity contribution in [2.75, 3.05) is 31.9 Å². The molecule has 1 amide bonds. The molecule has 1 aromatic carbocycles. The van der Waals surface area contributed by atoms with Gasteiger partial charge in [-0.25, -0.2) is 4.79 Å². The van der Waals surface area contributed by atoms with Crippen LogP contribution in [-0.4, -0.2) is 48.5 Å². The van der Waals surface area contributed by atoms with Crippen LogP contribution in [0.5, 0.6) is 0 Å². The summed E-state index contributed by atoms with van der Waals surface area (Å²) >= 11 is 7.77. The average molecular weight is 385 g/mol. The van der Waals surface area contributed by atoms with Gasteiger partial charge in [0.15, 0.2) is 0 Å². The van der Waals surface area contributed by atoms with Gasteiger partial charge in [-0.2, -0.15) is 0 Å². The Morgan fingerprint density at radius 3 is 2.76 bits per heavy atom. The van der Waals surface area contributed by atoms with Crippen LogP contribution in [0.25, 0.3) is 0 Å². The van der Waals surface area contributed by atoms with Gasteiger partial charge in [-0.15, -0.1) is 11.8 Å². The van der Waals surface area contributed by atoms with Crippen molar-refractivity contribution in [3.63, 3.8) is 0 Å². The average Bonchev–Trinajstić information content (AvgIpc) is 2.54. The van der Waals surface area contributed by atoms with Gasteiger partial charge in [0.2, 0.25) is 0 Å². The summed E-state index contributed by atoms with van der Waals surface area (Å²) in [6.07, 6.45) is 2.03. The predicted octanol–water partition coefficient (Wildman–Crippen LogP) is 4.67. The van der Waals surface area contributed by atoms with Gasteiger partial charge < -0.3 is 15.0 Å². The Labute approximate surface area is 160 Å². The number of hydrogen-bond acceptors (Lipinski definition) is 4. The Hall–Kier alpha value is -0.910. The highest BCUT2D eigenvalue weighted by Crippen LogP contribution is 2.22. The fourth-order valence-electron chi connectivity index (χ4n) is 2.89. The van der Waals surface area contributed by atoms with Crippen molar-refractivity contribution in [2.24, 2.45) is 5.92 Å². The molecular formula is C19H29ClN2O2S. The largest absolute Gasteiger partial charge is 0.444 e. The number of nitrogens with one attached hydrogen (secondary N) is 1. The summed E-state index contributed by atoms with van der Waals surface area (Å²) in [5.41, 5.74) is -0.443. The van der Waals surface area contributed by atoms with Crippen molar-refractivity contribution >= 4 is 29.5 Å². The topological polar surface area (TPSA) is 41.6 Å². The maximum Gasteiger partial charge on any atom is 0.407 e. The molecule has 6 heteroatoms. The lowest BCUT2D eigenvalue weighted by Gasteiger charge is -2.32. The molecule has 1 saturated heterocycles. The zero-order chi connectivity index (χ0) is 18.3. The Morgan fingerprint density at radius 1 is 1.36 bits per heavy atom. The Bertz CT molecular complexity index is 545. The third kappa shape index (κ3) is 8.34. The maximum absolute atomic E-state index is 11.8. The molecule has 1 N–H and O–H groups in total. The van der Waals surface area contributed by atoms with E-state index in [-0.39, 0.29) is 6.09 Å². The number of thioether (sulfide) groups is 1. The van der Waals surface area contributed by atoms with Gasteiger partial charge in [-0.3, -0.25) is 0 Å². The van der Waals surface area contributed by atoms with E-state index in [2.05, 4.69) is 22.3 Å². The summed E-state index contributed by atoms with van der Waals surface area (Å²) in [4.78, 5) is 15.5. The van der Waals surface area contributed by atoms with E-state index in [4.69, 9.17) is 16.3 Å². The fourth-order valence-corrected chi connectivity index (χ4v) is 3.93. The minimum atomic E-state index is -0.443. The molecule has 1 fully saturated rings. The van der Waals surface area contributed by atoms with E-state index in [0.717, 1.165) is 36.8 Å². The second kappa shape index (κ2) is 9.70. The highest BCUT2D eigenvalue weighted by molar-refractivity contribution is 7.99. The zero-order valence-corrected chi connectivity index (χ0v) is 17.0. The number of alkyl carbamates (subject to hydrolysis) is 1. The summed E-state index contributed by atoms with van der Waals surface area (Å²) in [5.74, 6) is 1.57. The minimum absolute atomic E-state index is 0.317. The Kier molecular flexibility index (Phi) is 7.91. The van der Waals surface area contributed by atoms with Gasteiger partial charge in [-0.05, 0) is 70.3 Å². The SMILES string of the molecule is CC(C)(C)OC(=O)NCC1CCCN(CCSc2ccc(Cl)cc2)C1. The number of halogens is 1. The number of carbonyl (C=O) groups excluding carboxylic acids is 1. The first-order chi connectivity index (χ1) is 11.8. The summed E-state index contributed by atoms with van der Waals surface area (Å²) in [6.45, 7) is 9.58. The van der Waals surface area contributed by atoms with Crippen LogP contribution in [0.2, 0.25) is 5.02 Å². The van der Waals surface area contributed by atoms with Gasteiger partial charge in [0.1, 0.15) is 5.60 Å². The summed E-state index contributed by atoms with van der Waals surface area (Å²) < 4.78 is 5.30. The lowest BCUT2D eigenvalue weighted by molar-refractivity contribution is 0.0508. The first-order valence-electron chi connectivity index (χ1n) is 8.89. The molecule has 25 heavy (non-hydrogen) atoms. The molecule has 0 bridgehead atoms. The summed E-state index contributed by atoms with van der Waals surface area (Å²) in [5, 5.41) is 3.69. The third-order valence-electron chi connectivity index (χ3n) is 4.03. The molecule has 1 heterocycles. The van der Waals surface area contributed by atoms with E-state index < -0.39 is 5.60 Å². The quantitative estimate of drug-likeness (QED) is 0.723. The smallest absolute Gasteiger partial charge is 0.407 e. The van der Waals surface area contributed by atoms with E-state index in [0.29, 0.717) is 12.5 Å². The van der Waals surface area contributed by atoms with Gasteiger partial charge >= 0.3 is 6.09 Å². The minimum Gasteiger partial charge on any atom is -0.444 e. The number of hydrogen-bond donors (Lipinski definition) is 1. The molecule has 4 nitrogen and oxygen atoms in total. The molecule has 1 unspecified atom stereocenters. The van der Waals surface area contributed by atoms with Crippen molar-refractivity contribution in [3.05, 3.63) is 29.3 Å². The van der Waals surface area contributed by atoms with Crippen LogP contribution < -0.4 is 5.32 Å². The molecule has 1 aliphatic rings. The summed E-state index contributed by atoms with van der Waals surface area (Å²) in [7, 11) is 0. The van der Waals surface area contributed by atoms with E-state index >= 15 is 0 Å². The van der Waals surface area contributed by atoms with Gasteiger partial charge in [0.05, 0.1) is 0 Å². The molecular weight excluding hydrogens is 356 g/mol. The molecule has 2 rings (SSSR count). The lowest BCUT2D eigenvalue weighted by Crippen LogP contribution is -2.42. The highest BCUT2D eigenvalue weighted by atomic mass is 35.5. The first kappa shape index (κ1) is 20.4. The second-order valence-corrected chi connectivity index (χ2v) is 9.10. The number of ether oxygens (including phenoxy) is 1. The Balaban J connectivity index is 1.66. The van der Waals surface area contributed by atoms with Crippen molar-refractivity contribution < 1.29 is 9.53 Å². The van der Waals surface area contributed by atoms with Crippen LogP contribution in [0.1, 0.15) is 33.6 Å². The normalized spacial score (nSPS) is 18.8. The van der Waals surface area contributed by atoms with Crippen LogP contribution in [0.4, 0.5) is 4.79 Å². The number of likely N-dealkylation sites (tertiary alicyclic amines) is 1. The third-order valence-corrected chi connectivity index (χ3v) is 5.27. The van der Waals surface area contributed by atoms with Crippen LogP contribution in [-0.2, 0) is 4.74 Å². The molecule has 0 radical (unpaired) electrons. The van der Waals surface area contributed by atoms with Crippen LogP contribution >= 0.6 is 23.4 Å². The molecule has 0 spiro atoms. The van der Waals surface area contributed by atoms with Crippen molar-refractivity contribution in [1.29, 1.82) is 0 Å². The highest BCUT2D eigenvalue weighted by Gasteiger charge is 2.21. The molecule has 0 aliphatic carbocycles. The number of piperidine rings is 1. The number of nitrogens with zero attached hydrogens (tertiary/aromatic N) is 1. The molecule has 0 aromatic heterocycles. The maximum atomic E-state index is 11.8. The molecule has 0 saturated carbocycles. The van der Waals surface area contributed by atoms with E-state index in [1.165, 1.54) is 11.3 Å². The van der Waals surface area contributed by atoms with Gasteiger partial charge in [0, 0.05) is 35.3 Å². The zero-order valence-electron chi connectivity index (χ0n) is 15.4. The number of benzene rings is 1. The first-order valence-corrected chi connectivity index (χ1v) is 10.3. The van der Waals surface area contributed by atoms with Crippen molar-refractivity contribution in [2.45, 2.75) is 44.1 Å². The molecule has 1 aliphatic heterocycles. The molecule has 1 atom stereocenters. The number of carbonyl (C=O) groups is 1. The predicted molar refractivity (Wildman–Crippen MR) is 106 cm³/mol. The standard InChI is InChI=1S/C19H29ClN2O2S/c1-19(2,3)24-18(23)21-13-15-5-4-10-22(14-15)11-12-25-17-8-6-16(20)7-9-17/h6-9,15H,4-5,10-14H2,1-3H3,(H,21,23). The van der Waals surface area contributed by atoms with Crippen molar-refractivity contribution in [1.82, 2.24) is 10.2 Å². The lowest BCUT2D eigenvalue weighted by atomic mass is 9.98. The van der Waals surface area contributed by atoms with Crippen LogP contribution in [0.15, 0.2) is 29.2 Å². The van der Waals surface area contributed by atoms with Crippen molar-refractivity contribution in [3.8, 4) is 0 Å². The monoisotopic (exact) mass is 384 g/mol. The molecule has 1 aromatic rings. The van der Waals surface area contributed by atoms with E-state index in [1.807, 2.05) is 44.7 Å². The number of rotatable bonds is 6. The number of amides is 1. The molecule has 140 valence electrons.